The van der Waals surface area contributed by atoms with Crippen molar-refractivity contribution in [2.24, 2.45) is 0 Å². The standard InChI is InChI=1S/C14H18N4O2/c1-2-7-18-13(16-10-17-18)9-20-14(19)8-11-3-5-12(15)6-4-11/h3-6,10H,2,7-9,15H2,1H3. The second-order valence-corrected chi connectivity index (χ2v) is 4.48. The quantitative estimate of drug-likeness (QED) is 0.638. The van der Waals surface area contributed by atoms with Gasteiger partial charge in [-0.3, -0.25) is 4.79 Å². The maximum Gasteiger partial charge on any atom is 0.310 e. The highest BCUT2D eigenvalue weighted by Crippen LogP contribution is 2.07. The molecular weight excluding hydrogens is 256 g/mol. The van der Waals surface area contributed by atoms with Crippen molar-refractivity contribution in [1.29, 1.82) is 0 Å². The molecule has 2 rings (SSSR count). The van der Waals surface area contributed by atoms with E-state index in [1.54, 1.807) is 16.8 Å². The number of aryl methyl sites for hydroxylation is 1. The maximum atomic E-state index is 11.8. The fraction of sp³-hybridized carbons (Fsp3) is 0.357. The van der Waals surface area contributed by atoms with Crippen molar-refractivity contribution in [3.05, 3.63) is 42.0 Å². The first-order chi connectivity index (χ1) is 9.69. The Balaban J connectivity index is 1.85. The van der Waals surface area contributed by atoms with E-state index in [0.29, 0.717) is 11.5 Å². The van der Waals surface area contributed by atoms with Crippen LogP contribution in [0.5, 0.6) is 0 Å². The molecule has 0 bridgehead atoms. The number of esters is 1. The largest absolute Gasteiger partial charge is 0.457 e. The summed E-state index contributed by atoms with van der Waals surface area (Å²) in [5.74, 6) is 0.373. The molecule has 1 aromatic heterocycles. The minimum atomic E-state index is -0.291. The van der Waals surface area contributed by atoms with Gasteiger partial charge in [0.1, 0.15) is 6.33 Å². The van der Waals surface area contributed by atoms with Gasteiger partial charge in [-0.25, -0.2) is 9.67 Å². The Morgan fingerprint density at radius 3 is 2.80 bits per heavy atom. The molecule has 2 N–H and O–H groups in total. The zero-order valence-corrected chi connectivity index (χ0v) is 11.5. The molecule has 0 atom stereocenters. The van der Waals surface area contributed by atoms with Crippen molar-refractivity contribution in [2.75, 3.05) is 5.73 Å². The molecule has 1 heterocycles. The number of nitrogen functional groups attached to an aromatic ring is 1. The van der Waals surface area contributed by atoms with Gasteiger partial charge in [0.2, 0.25) is 0 Å². The number of aromatic nitrogens is 3. The first-order valence-corrected chi connectivity index (χ1v) is 6.55. The first kappa shape index (κ1) is 14.0. The van der Waals surface area contributed by atoms with E-state index < -0.39 is 0 Å². The zero-order valence-electron chi connectivity index (χ0n) is 11.5. The molecule has 0 saturated heterocycles. The lowest BCUT2D eigenvalue weighted by atomic mass is 10.1. The Morgan fingerprint density at radius 1 is 1.35 bits per heavy atom. The molecular formula is C14H18N4O2. The van der Waals surface area contributed by atoms with Gasteiger partial charge in [-0.05, 0) is 24.1 Å². The molecule has 2 aromatic rings. The molecule has 0 amide bonds. The minimum Gasteiger partial charge on any atom is -0.457 e. The molecule has 0 aliphatic rings. The van der Waals surface area contributed by atoms with E-state index in [0.717, 1.165) is 18.5 Å². The number of nitrogens with two attached hydrogens (primary N) is 1. The fourth-order valence-corrected chi connectivity index (χ4v) is 1.80. The van der Waals surface area contributed by atoms with Gasteiger partial charge < -0.3 is 10.5 Å². The average molecular weight is 274 g/mol. The summed E-state index contributed by atoms with van der Waals surface area (Å²) >= 11 is 0. The molecule has 0 saturated carbocycles. The third-order valence-corrected chi connectivity index (χ3v) is 2.82. The van der Waals surface area contributed by atoms with Crippen molar-refractivity contribution in [3.63, 3.8) is 0 Å². The van der Waals surface area contributed by atoms with Gasteiger partial charge in [-0.15, -0.1) is 0 Å². The summed E-state index contributed by atoms with van der Waals surface area (Å²) < 4.78 is 6.96. The second-order valence-electron chi connectivity index (χ2n) is 4.48. The van der Waals surface area contributed by atoms with Crippen molar-refractivity contribution in [3.8, 4) is 0 Å². The normalized spacial score (nSPS) is 10.4. The van der Waals surface area contributed by atoms with Crippen LogP contribution in [0.4, 0.5) is 5.69 Å². The SMILES string of the molecule is CCCn1ncnc1COC(=O)Cc1ccc(N)cc1. The van der Waals surface area contributed by atoms with Crippen LogP contribution in [0, 0.1) is 0 Å². The van der Waals surface area contributed by atoms with E-state index >= 15 is 0 Å². The number of hydrogen-bond donors (Lipinski definition) is 1. The second kappa shape index (κ2) is 6.70. The molecule has 0 spiro atoms. The molecule has 0 unspecified atom stereocenters. The third kappa shape index (κ3) is 3.81. The Bertz CT molecular complexity index is 563. The van der Waals surface area contributed by atoms with Crippen LogP contribution < -0.4 is 5.73 Å². The molecule has 0 radical (unpaired) electrons. The van der Waals surface area contributed by atoms with Crippen LogP contribution in [0.1, 0.15) is 24.7 Å². The summed E-state index contributed by atoms with van der Waals surface area (Å²) in [6.45, 7) is 2.97. The zero-order chi connectivity index (χ0) is 14.4. The molecule has 1 aromatic carbocycles. The molecule has 0 fully saturated rings. The van der Waals surface area contributed by atoms with Gasteiger partial charge >= 0.3 is 5.97 Å². The van der Waals surface area contributed by atoms with Gasteiger partial charge in [-0.1, -0.05) is 19.1 Å². The Morgan fingerprint density at radius 2 is 2.10 bits per heavy atom. The number of rotatable bonds is 6. The molecule has 6 nitrogen and oxygen atoms in total. The minimum absolute atomic E-state index is 0.147. The predicted molar refractivity (Wildman–Crippen MR) is 74.7 cm³/mol. The molecule has 0 aliphatic heterocycles. The number of carbonyl (C=O) groups excluding carboxylic acids is 1. The van der Waals surface area contributed by atoms with Gasteiger partial charge in [0.05, 0.1) is 6.42 Å². The van der Waals surface area contributed by atoms with Crippen LogP contribution >= 0.6 is 0 Å². The predicted octanol–water partition coefficient (Wildman–Crippen LogP) is 1.56. The Kier molecular flexibility index (Phi) is 4.70. The number of nitrogens with zero attached hydrogens (tertiary/aromatic N) is 3. The van der Waals surface area contributed by atoms with Crippen LogP contribution in [0.3, 0.4) is 0 Å². The van der Waals surface area contributed by atoms with Crippen LogP contribution in [-0.2, 0) is 29.1 Å². The van der Waals surface area contributed by atoms with E-state index in [9.17, 15) is 4.79 Å². The molecule has 6 heteroatoms. The van der Waals surface area contributed by atoms with E-state index in [1.807, 2.05) is 12.1 Å². The Labute approximate surface area is 117 Å². The van der Waals surface area contributed by atoms with Crippen molar-refractivity contribution in [1.82, 2.24) is 14.8 Å². The monoisotopic (exact) mass is 274 g/mol. The molecule has 20 heavy (non-hydrogen) atoms. The van der Waals surface area contributed by atoms with Crippen molar-refractivity contribution >= 4 is 11.7 Å². The van der Waals surface area contributed by atoms with Crippen LogP contribution in [0.15, 0.2) is 30.6 Å². The number of benzene rings is 1. The highest BCUT2D eigenvalue weighted by atomic mass is 16.5. The topological polar surface area (TPSA) is 83.0 Å². The summed E-state index contributed by atoms with van der Waals surface area (Å²) in [6.07, 6.45) is 2.65. The first-order valence-electron chi connectivity index (χ1n) is 6.55. The highest BCUT2D eigenvalue weighted by Gasteiger charge is 2.09. The van der Waals surface area contributed by atoms with Crippen molar-refractivity contribution < 1.29 is 9.53 Å². The van der Waals surface area contributed by atoms with Crippen LogP contribution in [-0.4, -0.2) is 20.7 Å². The van der Waals surface area contributed by atoms with Crippen LogP contribution in [0.2, 0.25) is 0 Å². The van der Waals surface area contributed by atoms with Gasteiger partial charge in [0, 0.05) is 12.2 Å². The summed E-state index contributed by atoms with van der Waals surface area (Å²) in [6, 6.07) is 7.16. The fourth-order valence-electron chi connectivity index (χ4n) is 1.80. The summed E-state index contributed by atoms with van der Waals surface area (Å²) in [5, 5.41) is 4.08. The molecule has 0 aliphatic carbocycles. The van der Waals surface area contributed by atoms with Crippen molar-refractivity contribution in [2.45, 2.75) is 32.9 Å². The van der Waals surface area contributed by atoms with E-state index in [-0.39, 0.29) is 19.0 Å². The number of anilines is 1. The smallest absolute Gasteiger partial charge is 0.310 e. The number of ether oxygens (including phenoxy) is 1. The third-order valence-electron chi connectivity index (χ3n) is 2.82. The van der Waals surface area contributed by atoms with Crippen LogP contribution in [0.25, 0.3) is 0 Å². The summed E-state index contributed by atoms with van der Waals surface area (Å²) in [7, 11) is 0. The molecule has 106 valence electrons. The van der Waals surface area contributed by atoms with Gasteiger partial charge in [-0.2, -0.15) is 5.10 Å². The van der Waals surface area contributed by atoms with E-state index in [1.165, 1.54) is 6.33 Å². The lowest BCUT2D eigenvalue weighted by Crippen LogP contribution is -2.12. The lowest BCUT2D eigenvalue weighted by Gasteiger charge is -2.06. The average Bonchev–Trinajstić information content (AvgIpc) is 2.87. The summed E-state index contributed by atoms with van der Waals surface area (Å²) in [5.41, 5.74) is 7.14. The van der Waals surface area contributed by atoms with Gasteiger partial charge in [0.15, 0.2) is 12.4 Å². The highest BCUT2D eigenvalue weighted by molar-refractivity contribution is 5.72. The van der Waals surface area contributed by atoms with Gasteiger partial charge in [0.25, 0.3) is 0 Å². The lowest BCUT2D eigenvalue weighted by molar-refractivity contribution is -0.144. The maximum absolute atomic E-state index is 11.8. The number of carbonyl (C=O) groups is 1. The van der Waals surface area contributed by atoms with E-state index in [4.69, 9.17) is 10.5 Å². The Hall–Kier alpha value is -2.37. The number of hydrogen-bond acceptors (Lipinski definition) is 5. The van der Waals surface area contributed by atoms with E-state index in [2.05, 4.69) is 17.0 Å². The summed E-state index contributed by atoms with van der Waals surface area (Å²) in [4.78, 5) is 15.8.